The predicted octanol–water partition coefficient (Wildman–Crippen LogP) is 13.5. The van der Waals surface area contributed by atoms with Crippen LogP contribution in [-0.4, -0.2) is 9.38 Å². The van der Waals surface area contributed by atoms with Gasteiger partial charge in [-0.2, -0.15) is 0 Å². The van der Waals surface area contributed by atoms with E-state index < -0.39 is 0 Å². The number of aromatic nitrogens is 2. The van der Waals surface area contributed by atoms with E-state index in [1.54, 1.807) is 0 Å². The third kappa shape index (κ3) is 4.24. The van der Waals surface area contributed by atoms with Gasteiger partial charge in [0.25, 0.3) is 0 Å². The number of fused-ring (bicyclic) bond motifs is 11. The van der Waals surface area contributed by atoms with Crippen molar-refractivity contribution in [2.24, 2.45) is 0 Å². The number of benzene rings is 7. The first-order valence-electron chi connectivity index (χ1n) is 16.8. The number of thiophene rings is 2. The maximum atomic E-state index is 4.88. The van der Waals surface area contributed by atoms with Gasteiger partial charge in [0.1, 0.15) is 5.65 Å². The first-order chi connectivity index (χ1) is 24.7. The number of hydrogen-bond acceptors (Lipinski definition) is 4. The Balaban J connectivity index is 1.09. The van der Waals surface area contributed by atoms with E-state index in [4.69, 9.17) is 4.98 Å². The van der Waals surface area contributed by atoms with Gasteiger partial charge in [-0.05, 0) is 82.2 Å². The molecule has 7 aromatic carbocycles. The summed E-state index contributed by atoms with van der Waals surface area (Å²) in [5.41, 5.74) is 6.39. The van der Waals surface area contributed by atoms with Gasteiger partial charge in [0.05, 0.1) is 5.69 Å². The van der Waals surface area contributed by atoms with Gasteiger partial charge in [-0.3, -0.25) is 0 Å². The Morgan fingerprint density at radius 1 is 0.460 bits per heavy atom. The lowest BCUT2D eigenvalue weighted by Gasteiger charge is -2.26. The highest BCUT2D eigenvalue weighted by molar-refractivity contribution is 7.26. The van der Waals surface area contributed by atoms with E-state index in [0.717, 1.165) is 34.0 Å². The summed E-state index contributed by atoms with van der Waals surface area (Å²) in [6.07, 6.45) is 4.14. The van der Waals surface area contributed by atoms with Crippen molar-refractivity contribution in [2.45, 2.75) is 0 Å². The lowest BCUT2D eigenvalue weighted by atomic mass is 10.0. The van der Waals surface area contributed by atoms with E-state index in [-0.39, 0.29) is 0 Å². The van der Waals surface area contributed by atoms with E-state index in [1.165, 1.54) is 61.9 Å². The first kappa shape index (κ1) is 27.9. The molecule has 0 unspecified atom stereocenters. The largest absolute Gasteiger partial charge is 0.310 e. The first-order valence-corrected chi connectivity index (χ1v) is 18.4. The molecule has 0 amide bonds. The smallest absolute Gasteiger partial charge is 0.137 e. The van der Waals surface area contributed by atoms with Crippen molar-refractivity contribution in [3.63, 3.8) is 0 Å². The van der Waals surface area contributed by atoms with Crippen LogP contribution in [0.25, 0.3) is 78.8 Å². The number of rotatable bonds is 4. The Kier molecular flexibility index (Phi) is 5.99. The second-order valence-corrected chi connectivity index (χ2v) is 15.0. The molecule has 0 N–H and O–H groups in total. The molecule has 11 rings (SSSR count). The molecule has 0 bridgehead atoms. The van der Waals surface area contributed by atoms with Crippen LogP contribution in [0.2, 0.25) is 0 Å². The van der Waals surface area contributed by atoms with Crippen LogP contribution in [0.5, 0.6) is 0 Å². The zero-order valence-corrected chi connectivity index (χ0v) is 28.4. The standard InChI is InChI=1S/C45H27N3S2/c1-3-9-34-28(7-1)14-22-39-44(34)36-20-18-32(25-41(36)49-39)48(31-16-12-30(13-17-31)38-27-47-24-6-5-11-43(47)46-38)33-19-21-37-42(26-33)50-40-23-15-29-8-2-4-10-35(29)45(37)40/h1-27H. The van der Waals surface area contributed by atoms with Crippen molar-refractivity contribution in [1.82, 2.24) is 9.38 Å². The maximum absolute atomic E-state index is 4.88. The van der Waals surface area contributed by atoms with E-state index in [1.807, 2.05) is 47.1 Å². The van der Waals surface area contributed by atoms with Crippen molar-refractivity contribution in [3.05, 3.63) is 164 Å². The molecular weight excluding hydrogens is 647 g/mol. The molecule has 0 aliphatic rings. The van der Waals surface area contributed by atoms with Crippen LogP contribution >= 0.6 is 22.7 Å². The summed E-state index contributed by atoms with van der Waals surface area (Å²) >= 11 is 3.74. The number of anilines is 3. The minimum absolute atomic E-state index is 0.946. The lowest BCUT2D eigenvalue weighted by Crippen LogP contribution is -2.09. The molecule has 5 heteroatoms. The molecule has 11 aromatic rings. The van der Waals surface area contributed by atoms with Gasteiger partial charge in [0, 0.05) is 75.4 Å². The normalized spacial score (nSPS) is 12.0. The van der Waals surface area contributed by atoms with Gasteiger partial charge in [-0.25, -0.2) is 4.98 Å². The minimum atomic E-state index is 0.946. The molecule has 0 saturated heterocycles. The molecule has 0 radical (unpaired) electrons. The molecule has 0 fully saturated rings. The second kappa shape index (κ2) is 10.7. The zero-order valence-electron chi connectivity index (χ0n) is 26.7. The summed E-state index contributed by atoms with van der Waals surface area (Å²) < 4.78 is 7.28. The molecule has 234 valence electrons. The highest BCUT2D eigenvalue weighted by atomic mass is 32.1. The Hall–Kier alpha value is -6.01. The van der Waals surface area contributed by atoms with Gasteiger partial charge in [-0.15, -0.1) is 22.7 Å². The average Bonchev–Trinajstić information content (AvgIpc) is 3.88. The van der Waals surface area contributed by atoms with Crippen molar-refractivity contribution in [2.75, 3.05) is 4.90 Å². The fourth-order valence-corrected chi connectivity index (χ4v) is 9.96. The molecule has 0 aliphatic heterocycles. The quantitative estimate of drug-likeness (QED) is 0.185. The van der Waals surface area contributed by atoms with Crippen LogP contribution in [0.15, 0.2) is 164 Å². The summed E-state index contributed by atoms with van der Waals surface area (Å²) in [5, 5.41) is 10.5. The van der Waals surface area contributed by atoms with Crippen LogP contribution in [0.4, 0.5) is 17.1 Å². The van der Waals surface area contributed by atoms with E-state index in [2.05, 4.69) is 149 Å². The maximum Gasteiger partial charge on any atom is 0.137 e. The Morgan fingerprint density at radius 3 is 1.62 bits per heavy atom. The Bertz CT molecular complexity index is 2920. The number of imidazole rings is 1. The summed E-state index contributed by atoms with van der Waals surface area (Å²) in [6, 6.07) is 55.4. The fourth-order valence-electron chi connectivity index (χ4n) is 7.65. The van der Waals surface area contributed by atoms with Crippen LogP contribution in [0.1, 0.15) is 0 Å². The molecule has 4 heterocycles. The molecule has 0 spiro atoms. The van der Waals surface area contributed by atoms with E-state index in [9.17, 15) is 0 Å². The van der Waals surface area contributed by atoms with Gasteiger partial charge in [-0.1, -0.05) is 91.0 Å². The van der Waals surface area contributed by atoms with Crippen LogP contribution in [-0.2, 0) is 0 Å². The van der Waals surface area contributed by atoms with Crippen LogP contribution < -0.4 is 4.90 Å². The summed E-state index contributed by atoms with van der Waals surface area (Å²) in [4.78, 5) is 7.28. The molecule has 50 heavy (non-hydrogen) atoms. The third-order valence-electron chi connectivity index (χ3n) is 9.99. The SMILES string of the molecule is c1ccc2c(c1)ccc1sc3cc(N(c4ccc(-c5cn6ccccc6n5)cc4)c4ccc5c(c4)sc4ccc6ccccc6c45)ccc3c12. The van der Waals surface area contributed by atoms with E-state index in [0.29, 0.717) is 0 Å². The van der Waals surface area contributed by atoms with Crippen molar-refractivity contribution in [3.8, 4) is 11.3 Å². The van der Waals surface area contributed by atoms with Gasteiger partial charge in [0.15, 0.2) is 0 Å². The topological polar surface area (TPSA) is 20.5 Å². The van der Waals surface area contributed by atoms with E-state index >= 15 is 0 Å². The third-order valence-corrected chi connectivity index (χ3v) is 12.2. The molecule has 0 atom stereocenters. The number of hydrogen-bond donors (Lipinski definition) is 0. The summed E-state index contributed by atoms with van der Waals surface area (Å²) in [7, 11) is 0. The lowest BCUT2D eigenvalue weighted by molar-refractivity contribution is 1.19. The molecule has 4 aromatic heterocycles. The number of nitrogens with zero attached hydrogens (tertiary/aromatic N) is 3. The highest BCUT2D eigenvalue weighted by Crippen LogP contribution is 2.45. The molecular formula is C45H27N3S2. The van der Waals surface area contributed by atoms with Crippen molar-refractivity contribution < 1.29 is 0 Å². The molecule has 3 nitrogen and oxygen atoms in total. The summed E-state index contributed by atoms with van der Waals surface area (Å²) in [6.45, 7) is 0. The van der Waals surface area contributed by atoms with Crippen molar-refractivity contribution >= 4 is 107 Å². The summed E-state index contributed by atoms with van der Waals surface area (Å²) in [5.74, 6) is 0. The van der Waals surface area contributed by atoms with Crippen LogP contribution in [0, 0.1) is 0 Å². The predicted molar refractivity (Wildman–Crippen MR) is 216 cm³/mol. The second-order valence-electron chi connectivity index (χ2n) is 12.9. The van der Waals surface area contributed by atoms with Crippen LogP contribution in [0.3, 0.4) is 0 Å². The minimum Gasteiger partial charge on any atom is -0.310 e. The fraction of sp³-hybridized carbons (Fsp3) is 0. The monoisotopic (exact) mass is 673 g/mol. The Morgan fingerprint density at radius 2 is 1.02 bits per heavy atom. The zero-order chi connectivity index (χ0) is 32.8. The Labute approximate surface area is 295 Å². The highest BCUT2D eigenvalue weighted by Gasteiger charge is 2.18. The van der Waals surface area contributed by atoms with Crippen molar-refractivity contribution in [1.29, 1.82) is 0 Å². The van der Waals surface area contributed by atoms with Gasteiger partial charge >= 0.3 is 0 Å². The number of pyridine rings is 1. The van der Waals surface area contributed by atoms with Gasteiger partial charge < -0.3 is 9.30 Å². The molecule has 0 aliphatic carbocycles. The average molecular weight is 674 g/mol. The molecule has 0 saturated carbocycles. The van der Waals surface area contributed by atoms with Gasteiger partial charge in [0.2, 0.25) is 0 Å².